The molecule has 28 heavy (non-hydrogen) atoms. The van der Waals surface area contributed by atoms with Gasteiger partial charge >= 0.3 is 0 Å². The highest BCUT2D eigenvalue weighted by molar-refractivity contribution is 14.1. The van der Waals surface area contributed by atoms with Crippen molar-refractivity contribution in [3.63, 3.8) is 0 Å². The van der Waals surface area contributed by atoms with Gasteiger partial charge in [0.15, 0.2) is 16.6 Å². The summed E-state index contributed by atoms with van der Waals surface area (Å²) in [6.45, 7) is 0.160. The average molecular weight is 512 g/mol. The van der Waals surface area contributed by atoms with E-state index in [1.54, 1.807) is 24.3 Å². The molecule has 6 nitrogen and oxygen atoms in total. The molecular formula is C19H14FIN2O4S. The highest BCUT2D eigenvalue weighted by Crippen LogP contribution is 2.35. The standard InChI is InChI=1S/C19H14FIN2O4S/c1-26-15-8-11(6-13-17(24)22-19(28)23-18(13)25)7-14(21)16(15)27-9-10-3-2-4-12(20)5-10/h2-8H,9H2,1H3,(H2,22,23,24,25,28). The molecule has 0 spiro atoms. The molecule has 2 aromatic rings. The molecule has 1 saturated heterocycles. The van der Waals surface area contributed by atoms with Crippen molar-refractivity contribution in [1.29, 1.82) is 0 Å². The molecule has 2 amide bonds. The van der Waals surface area contributed by atoms with E-state index < -0.39 is 11.8 Å². The Labute approximate surface area is 179 Å². The number of amides is 2. The maximum absolute atomic E-state index is 13.3. The van der Waals surface area contributed by atoms with E-state index in [1.807, 2.05) is 0 Å². The number of hydrogen-bond donors (Lipinski definition) is 2. The van der Waals surface area contributed by atoms with Gasteiger partial charge in [-0.1, -0.05) is 12.1 Å². The lowest BCUT2D eigenvalue weighted by Gasteiger charge is -2.17. The number of methoxy groups -OCH3 is 1. The number of halogens is 2. The number of hydrogen-bond acceptors (Lipinski definition) is 5. The fourth-order valence-corrected chi connectivity index (χ4v) is 3.48. The van der Waals surface area contributed by atoms with Crippen LogP contribution in [-0.2, 0) is 16.2 Å². The molecule has 9 heteroatoms. The molecule has 1 aliphatic rings. The SMILES string of the molecule is COc1cc(C=C2C(=O)NC(=S)NC2=O)cc(I)c1OCc1cccc(F)c1. The summed E-state index contributed by atoms with van der Waals surface area (Å²) in [4.78, 5) is 24.0. The van der Waals surface area contributed by atoms with E-state index in [4.69, 9.17) is 21.7 Å². The number of ether oxygens (including phenoxy) is 2. The molecule has 0 bridgehead atoms. The van der Waals surface area contributed by atoms with Gasteiger partial charge in [-0.2, -0.15) is 0 Å². The number of rotatable bonds is 5. The second-order valence-corrected chi connectivity index (χ2v) is 7.32. The van der Waals surface area contributed by atoms with Crippen LogP contribution in [-0.4, -0.2) is 24.0 Å². The Balaban J connectivity index is 1.87. The Hall–Kier alpha value is -2.53. The van der Waals surface area contributed by atoms with Crippen LogP contribution >= 0.6 is 34.8 Å². The van der Waals surface area contributed by atoms with Gasteiger partial charge in [0.05, 0.1) is 10.7 Å². The smallest absolute Gasteiger partial charge is 0.263 e. The molecule has 0 atom stereocenters. The van der Waals surface area contributed by atoms with Crippen LogP contribution in [0.1, 0.15) is 11.1 Å². The maximum atomic E-state index is 13.3. The van der Waals surface area contributed by atoms with Crippen molar-refractivity contribution in [2.24, 2.45) is 0 Å². The molecule has 144 valence electrons. The summed E-state index contributed by atoms with van der Waals surface area (Å²) in [6.07, 6.45) is 1.44. The van der Waals surface area contributed by atoms with E-state index in [1.165, 1.54) is 25.3 Å². The quantitative estimate of drug-likeness (QED) is 0.279. The average Bonchev–Trinajstić information content (AvgIpc) is 2.63. The minimum absolute atomic E-state index is 0.0274. The lowest BCUT2D eigenvalue weighted by atomic mass is 10.1. The number of nitrogens with one attached hydrogen (secondary N) is 2. The van der Waals surface area contributed by atoms with Crippen LogP contribution in [0.2, 0.25) is 0 Å². The lowest BCUT2D eigenvalue weighted by molar-refractivity contribution is -0.123. The largest absolute Gasteiger partial charge is 0.493 e. The monoisotopic (exact) mass is 512 g/mol. The summed E-state index contributed by atoms with van der Waals surface area (Å²) >= 11 is 6.84. The normalized spacial score (nSPS) is 13.7. The Morgan fingerprint density at radius 3 is 2.54 bits per heavy atom. The van der Waals surface area contributed by atoms with Crippen LogP contribution in [0.3, 0.4) is 0 Å². The van der Waals surface area contributed by atoms with Gasteiger partial charge in [-0.05, 0) is 76.3 Å². The first-order valence-electron chi connectivity index (χ1n) is 8.00. The van der Waals surface area contributed by atoms with Crippen LogP contribution < -0.4 is 20.1 Å². The van der Waals surface area contributed by atoms with Gasteiger partial charge < -0.3 is 9.47 Å². The Kier molecular flexibility index (Phi) is 6.25. The summed E-state index contributed by atoms with van der Waals surface area (Å²) in [5.41, 5.74) is 1.18. The lowest BCUT2D eigenvalue weighted by Crippen LogP contribution is -2.51. The van der Waals surface area contributed by atoms with Crippen molar-refractivity contribution >= 4 is 57.8 Å². The number of carbonyl (C=O) groups is 2. The number of carbonyl (C=O) groups excluding carboxylic acids is 2. The van der Waals surface area contributed by atoms with E-state index in [-0.39, 0.29) is 23.1 Å². The van der Waals surface area contributed by atoms with E-state index in [9.17, 15) is 14.0 Å². The van der Waals surface area contributed by atoms with Crippen molar-refractivity contribution in [3.05, 3.63) is 62.5 Å². The third kappa shape index (κ3) is 4.65. The second-order valence-electron chi connectivity index (χ2n) is 5.75. The topological polar surface area (TPSA) is 76.7 Å². The molecule has 0 saturated carbocycles. The summed E-state index contributed by atoms with van der Waals surface area (Å²) in [7, 11) is 1.48. The number of thiocarbonyl (C=S) groups is 1. The van der Waals surface area contributed by atoms with Crippen LogP contribution in [0.15, 0.2) is 42.0 Å². The summed E-state index contributed by atoms with van der Waals surface area (Å²) in [5, 5.41) is 4.74. The van der Waals surface area contributed by atoms with E-state index in [0.717, 1.165) is 0 Å². The van der Waals surface area contributed by atoms with Crippen molar-refractivity contribution in [3.8, 4) is 11.5 Å². The van der Waals surface area contributed by atoms with Gasteiger partial charge in [0, 0.05) is 0 Å². The fraction of sp³-hybridized carbons (Fsp3) is 0.105. The zero-order chi connectivity index (χ0) is 20.3. The first kappa shape index (κ1) is 20.2. The first-order valence-corrected chi connectivity index (χ1v) is 9.49. The van der Waals surface area contributed by atoms with Gasteiger partial charge in [-0.25, -0.2) is 4.39 Å². The van der Waals surface area contributed by atoms with Crippen LogP contribution in [0.5, 0.6) is 11.5 Å². The minimum Gasteiger partial charge on any atom is -0.493 e. The maximum Gasteiger partial charge on any atom is 0.263 e. The zero-order valence-corrected chi connectivity index (χ0v) is 17.5. The summed E-state index contributed by atoms with van der Waals surface area (Å²) in [5.74, 6) is -0.591. The molecule has 2 N–H and O–H groups in total. The molecular weight excluding hydrogens is 498 g/mol. The molecule has 0 unspecified atom stereocenters. The molecule has 0 aromatic heterocycles. The van der Waals surface area contributed by atoms with Crippen LogP contribution in [0.4, 0.5) is 4.39 Å². The Morgan fingerprint density at radius 2 is 1.89 bits per heavy atom. The van der Waals surface area contributed by atoms with Gasteiger partial charge in [0.2, 0.25) is 0 Å². The highest BCUT2D eigenvalue weighted by Gasteiger charge is 2.26. The molecule has 3 rings (SSSR count). The summed E-state index contributed by atoms with van der Waals surface area (Å²) in [6, 6.07) is 9.50. The van der Waals surface area contributed by atoms with Crippen molar-refractivity contribution in [2.75, 3.05) is 7.11 Å². The van der Waals surface area contributed by atoms with Crippen LogP contribution in [0, 0.1) is 9.39 Å². The predicted molar refractivity (Wildman–Crippen MR) is 113 cm³/mol. The molecule has 1 fully saturated rings. The van der Waals surface area contributed by atoms with E-state index in [2.05, 4.69) is 33.2 Å². The van der Waals surface area contributed by atoms with Gasteiger partial charge in [-0.3, -0.25) is 20.2 Å². The molecule has 0 aliphatic carbocycles. The molecule has 1 heterocycles. The second kappa shape index (κ2) is 8.65. The minimum atomic E-state index is -0.575. The van der Waals surface area contributed by atoms with Crippen molar-refractivity contribution < 1.29 is 23.5 Å². The predicted octanol–water partition coefficient (Wildman–Crippen LogP) is 2.93. The Bertz CT molecular complexity index is 987. The highest BCUT2D eigenvalue weighted by atomic mass is 127. The fourth-order valence-electron chi connectivity index (χ4n) is 2.52. The molecule has 0 radical (unpaired) electrons. The van der Waals surface area contributed by atoms with Crippen molar-refractivity contribution in [2.45, 2.75) is 6.61 Å². The zero-order valence-electron chi connectivity index (χ0n) is 14.5. The Morgan fingerprint density at radius 1 is 1.18 bits per heavy atom. The van der Waals surface area contributed by atoms with E-state index in [0.29, 0.717) is 26.2 Å². The summed E-state index contributed by atoms with van der Waals surface area (Å²) < 4.78 is 25.2. The van der Waals surface area contributed by atoms with E-state index >= 15 is 0 Å². The molecule has 1 aliphatic heterocycles. The third-order valence-electron chi connectivity index (χ3n) is 3.78. The number of benzene rings is 2. The third-order valence-corrected chi connectivity index (χ3v) is 4.78. The van der Waals surface area contributed by atoms with Gasteiger partial charge in [-0.15, -0.1) is 0 Å². The van der Waals surface area contributed by atoms with Crippen LogP contribution in [0.25, 0.3) is 6.08 Å². The molecule has 2 aromatic carbocycles. The van der Waals surface area contributed by atoms with Gasteiger partial charge in [0.1, 0.15) is 18.0 Å². The van der Waals surface area contributed by atoms with Crippen molar-refractivity contribution in [1.82, 2.24) is 10.6 Å². The van der Waals surface area contributed by atoms with Gasteiger partial charge in [0.25, 0.3) is 11.8 Å². The first-order chi connectivity index (χ1) is 13.4.